The molecule has 0 spiro atoms. The van der Waals surface area contributed by atoms with Gasteiger partial charge in [-0.05, 0) is 30.7 Å². The molecule has 1 atom stereocenters. The maximum atomic E-state index is 11.9. The zero-order chi connectivity index (χ0) is 12.8. The van der Waals surface area contributed by atoms with Gasteiger partial charge in [0.15, 0.2) is 0 Å². The van der Waals surface area contributed by atoms with Crippen molar-refractivity contribution in [2.45, 2.75) is 25.5 Å². The molecule has 4 heteroatoms. The Hall–Kier alpha value is -1.16. The molecule has 2 N–H and O–H groups in total. The van der Waals surface area contributed by atoms with Crippen molar-refractivity contribution in [2.75, 3.05) is 23.4 Å². The highest BCUT2D eigenvalue weighted by molar-refractivity contribution is 8.00. The molecule has 0 saturated carbocycles. The van der Waals surface area contributed by atoms with Crippen LogP contribution in [0.15, 0.2) is 24.3 Å². The Balaban J connectivity index is 2.54. The first-order chi connectivity index (χ1) is 8.04. The number of nitrogens with zero attached hydrogens (tertiary/aromatic N) is 1. The van der Waals surface area contributed by atoms with Gasteiger partial charge < -0.3 is 10.6 Å². The van der Waals surface area contributed by atoms with Crippen molar-refractivity contribution in [1.29, 1.82) is 0 Å². The Labute approximate surface area is 107 Å². The predicted octanol–water partition coefficient (Wildman–Crippen LogP) is 2.76. The van der Waals surface area contributed by atoms with Crippen LogP contribution in [-0.2, 0) is 4.79 Å². The molecule has 1 rings (SSSR count). The number of thioether (sulfide) groups is 1. The first kappa shape index (κ1) is 13.9. The highest BCUT2D eigenvalue weighted by Gasteiger charge is 2.12. The fraction of sp³-hybridized carbons (Fsp3) is 0.462. The van der Waals surface area contributed by atoms with E-state index in [1.807, 2.05) is 12.1 Å². The van der Waals surface area contributed by atoms with E-state index in [-0.39, 0.29) is 5.91 Å². The summed E-state index contributed by atoms with van der Waals surface area (Å²) >= 11 is 1.69. The molecule has 1 aromatic carbocycles. The van der Waals surface area contributed by atoms with E-state index < -0.39 is 0 Å². The summed E-state index contributed by atoms with van der Waals surface area (Å²) in [5, 5.41) is 0.527. The molecule has 1 aromatic rings. The number of hydrogen-bond acceptors (Lipinski definition) is 3. The second kappa shape index (κ2) is 6.55. The molecule has 0 radical (unpaired) electrons. The first-order valence-electron chi connectivity index (χ1n) is 5.78. The van der Waals surface area contributed by atoms with E-state index in [9.17, 15) is 4.79 Å². The Morgan fingerprint density at radius 2 is 2.00 bits per heavy atom. The summed E-state index contributed by atoms with van der Waals surface area (Å²) in [6.07, 6.45) is 1.09. The van der Waals surface area contributed by atoms with Gasteiger partial charge in [-0.15, -0.1) is 11.8 Å². The van der Waals surface area contributed by atoms with Gasteiger partial charge in [0.25, 0.3) is 0 Å². The van der Waals surface area contributed by atoms with E-state index in [1.54, 1.807) is 35.8 Å². The summed E-state index contributed by atoms with van der Waals surface area (Å²) in [6, 6.07) is 7.34. The molecule has 1 amide bonds. The van der Waals surface area contributed by atoms with Gasteiger partial charge >= 0.3 is 0 Å². The Bertz CT molecular complexity index is 364. The zero-order valence-corrected chi connectivity index (χ0v) is 11.5. The standard InChI is InChI=1S/C13H20N2OS/c1-4-10(2)17-9-13(16)15(3)12-7-5-11(14)6-8-12/h5-8,10H,4,9,14H2,1-3H3. The van der Waals surface area contributed by atoms with E-state index in [0.29, 0.717) is 16.7 Å². The topological polar surface area (TPSA) is 46.3 Å². The maximum absolute atomic E-state index is 11.9. The van der Waals surface area contributed by atoms with Crippen molar-refractivity contribution in [3.05, 3.63) is 24.3 Å². The predicted molar refractivity (Wildman–Crippen MR) is 76.5 cm³/mol. The lowest BCUT2D eigenvalue weighted by Crippen LogP contribution is -2.28. The number of carbonyl (C=O) groups excluding carboxylic acids is 1. The van der Waals surface area contributed by atoms with Crippen LogP contribution in [0.1, 0.15) is 20.3 Å². The summed E-state index contributed by atoms with van der Waals surface area (Å²) in [6.45, 7) is 4.27. The van der Waals surface area contributed by atoms with E-state index in [2.05, 4.69) is 13.8 Å². The van der Waals surface area contributed by atoms with Crippen LogP contribution < -0.4 is 10.6 Å². The normalized spacial score (nSPS) is 12.2. The zero-order valence-electron chi connectivity index (χ0n) is 10.6. The van der Waals surface area contributed by atoms with Gasteiger partial charge in [0.2, 0.25) is 5.91 Å². The summed E-state index contributed by atoms with van der Waals surface area (Å²) in [5.74, 6) is 0.649. The summed E-state index contributed by atoms with van der Waals surface area (Å²) in [5.41, 5.74) is 7.21. The lowest BCUT2D eigenvalue weighted by Gasteiger charge is -2.18. The van der Waals surface area contributed by atoms with Crippen LogP contribution in [0, 0.1) is 0 Å². The fourth-order valence-electron chi connectivity index (χ4n) is 1.27. The number of carbonyl (C=O) groups is 1. The minimum atomic E-state index is 0.125. The van der Waals surface area contributed by atoms with E-state index in [1.165, 1.54) is 0 Å². The van der Waals surface area contributed by atoms with Crippen molar-refractivity contribution < 1.29 is 4.79 Å². The number of benzene rings is 1. The molecule has 0 aliphatic carbocycles. The average Bonchev–Trinajstić information content (AvgIpc) is 2.35. The van der Waals surface area contributed by atoms with Crippen LogP contribution in [0.3, 0.4) is 0 Å². The van der Waals surface area contributed by atoms with Crippen molar-refractivity contribution in [1.82, 2.24) is 0 Å². The summed E-state index contributed by atoms with van der Waals surface area (Å²) in [4.78, 5) is 13.6. The van der Waals surface area contributed by atoms with Crippen LogP contribution >= 0.6 is 11.8 Å². The molecule has 0 bridgehead atoms. The highest BCUT2D eigenvalue weighted by atomic mass is 32.2. The van der Waals surface area contributed by atoms with E-state index in [4.69, 9.17) is 5.73 Å². The average molecular weight is 252 g/mol. The van der Waals surface area contributed by atoms with Crippen LogP contribution in [-0.4, -0.2) is 24.0 Å². The molecule has 0 heterocycles. The number of nitrogens with two attached hydrogens (primary N) is 1. The molecule has 0 fully saturated rings. The molecule has 17 heavy (non-hydrogen) atoms. The second-order valence-corrected chi connectivity index (χ2v) is 5.50. The Morgan fingerprint density at radius 3 is 2.53 bits per heavy atom. The smallest absolute Gasteiger partial charge is 0.236 e. The Kier molecular flexibility index (Phi) is 5.35. The van der Waals surface area contributed by atoms with Crippen LogP contribution in [0.5, 0.6) is 0 Å². The highest BCUT2D eigenvalue weighted by Crippen LogP contribution is 2.18. The van der Waals surface area contributed by atoms with Crippen molar-refractivity contribution in [2.24, 2.45) is 0 Å². The fourth-order valence-corrected chi connectivity index (χ4v) is 2.13. The summed E-state index contributed by atoms with van der Waals surface area (Å²) < 4.78 is 0. The molecule has 0 aliphatic heterocycles. The Morgan fingerprint density at radius 1 is 1.41 bits per heavy atom. The molecule has 1 unspecified atom stereocenters. The van der Waals surface area contributed by atoms with Gasteiger partial charge in [0.1, 0.15) is 0 Å². The minimum absolute atomic E-state index is 0.125. The molecule has 0 aromatic heterocycles. The van der Waals surface area contributed by atoms with Crippen LogP contribution in [0.25, 0.3) is 0 Å². The second-order valence-electron chi connectivity index (χ2n) is 4.07. The molecule has 94 valence electrons. The molecular weight excluding hydrogens is 232 g/mol. The number of hydrogen-bond donors (Lipinski definition) is 1. The number of nitrogen functional groups attached to an aromatic ring is 1. The van der Waals surface area contributed by atoms with Crippen LogP contribution in [0.2, 0.25) is 0 Å². The number of rotatable bonds is 5. The van der Waals surface area contributed by atoms with Crippen molar-refractivity contribution in [3.63, 3.8) is 0 Å². The lowest BCUT2D eigenvalue weighted by atomic mass is 10.2. The third kappa shape index (κ3) is 4.30. The van der Waals surface area contributed by atoms with Gasteiger partial charge in [-0.1, -0.05) is 13.8 Å². The monoisotopic (exact) mass is 252 g/mol. The van der Waals surface area contributed by atoms with Crippen molar-refractivity contribution in [3.8, 4) is 0 Å². The lowest BCUT2D eigenvalue weighted by molar-refractivity contribution is -0.115. The number of amides is 1. The molecule has 0 aliphatic rings. The van der Waals surface area contributed by atoms with Gasteiger partial charge in [0.05, 0.1) is 5.75 Å². The molecule has 0 saturated heterocycles. The minimum Gasteiger partial charge on any atom is -0.399 e. The van der Waals surface area contributed by atoms with Gasteiger partial charge in [-0.25, -0.2) is 0 Å². The molecule has 3 nitrogen and oxygen atoms in total. The first-order valence-corrected chi connectivity index (χ1v) is 6.83. The van der Waals surface area contributed by atoms with E-state index >= 15 is 0 Å². The van der Waals surface area contributed by atoms with Gasteiger partial charge in [-0.3, -0.25) is 4.79 Å². The SMILES string of the molecule is CCC(C)SCC(=O)N(C)c1ccc(N)cc1. The molecular formula is C13H20N2OS. The summed E-state index contributed by atoms with van der Waals surface area (Å²) in [7, 11) is 1.80. The third-order valence-corrected chi connectivity index (χ3v) is 4.04. The quantitative estimate of drug-likeness (QED) is 0.820. The maximum Gasteiger partial charge on any atom is 0.236 e. The van der Waals surface area contributed by atoms with Crippen molar-refractivity contribution >= 4 is 29.0 Å². The van der Waals surface area contributed by atoms with Crippen LogP contribution in [0.4, 0.5) is 11.4 Å². The third-order valence-electron chi connectivity index (χ3n) is 2.72. The van der Waals surface area contributed by atoms with Gasteiger partial charge in [0, 0.05) is 23.7 Å². The largest absolute Gasteiger partial charge is 0.399 e. The number of anilines is 2. The van der Waals surface area contributed by atoms with E-state index in [0.717, 1.165) is 12.1 Å². The van der Waals surface area contributed by atoms with Gasteiger partial charge in [-0.2, -0.15) is 0 Å².